The summed E-state index contributed by atoms with van der Waals surface area (Å²) < 4.78 is 9.85. The van der Waals surface area contributed by atoms with Crippen molar-refractivity contribution in [2.45, 2.75) is 6.92 Å². The summed E-state index contributed by atoms with van der Waals surface area (Å²) in [5.74, 6) is -1.60. The van der Waals surface area contributed by atoms with Crippen LogP contribution >= 0.6 is 0 Å². The molecule has 0 aromatic heterocycles. The molecule has 1 rings (SSSR count). The van der Waals surface area contributed by atoms with Gasteiger partial charge in [0.25, 0.3) is 0 Å². The van der Waals surface area contributed by atoms with Crippen LogP contribution in [0.5, 0.6) is 5.75 Å². The first-order valence-corrected chi connectivity index (χ1v) is 6.87. The van der Waals surface area contributed by atoms with Crippen molar-refractivity contribution in [1.82, 2.24) is 4.90 Å². The summed E-state index contributed by atoms with van der Waals surface area (Å²) in [6.45, 7) is 3.02. The van der Waals surface area contributed by atoms with E-state index in [-0.39, 0.29) is 24.5 Å². The first-order valence-electron chi connectivity index (χ1n) is 6.87. The summed E-state index contributed by atoms with van der Waals surface area (Å²) in [5, 5.41) is 12.2. The van der Waals surface area contributed by atoms with Crippen LogP contribution in [0.4, 0.5) is 5.69 Å². The molecule has 0 radical (unpaired) electrons. The molecule has 122 valence electrons. The van der Waals surface area contributed by atoms with Crippen molar-refractivity contribution in [2.24, 2.45) is 0 Å². The van der Waals surface area contributed by atoms with Crippen molar-refractivity contribution < 1.29 is 24.2 Å². The molecule has 7 nitrogen and oxygen atoms in total. The molecule has 0 unspecified atom stereocenters. The van der Waals surface area contributed by atoms with Gasteiger partial charge in [-0.05, 0) is 24.6 Å². The van der Waals surface area contributed by atoms with E-state index >= 15 is 0 Å². The summed E-state index contributed by atoms with van der Waals surface area (Å²) in [5.41, 5.74) is 1.05. The molecule has 0 heterocycles. The smallest absolute Gasteiger partial charge is 0.314 e. The van der Waals surface area contributed by atoms with Gasteiger partial charge in [0, 0.05) is 27.3 Å². The number of amides is 2. The van der Waals surface area contributed by atoms with Gasteiger partial charge in [0.05, 0.1) is 18.9 Å². The molecule has 0 saturated carbocycles. The zero-order chi connectivity index (χ0) is 16.5. The molecule has 7 heteroatoms. The predicted octanol–water partition coefficient (Wildman–Crippen LogP) is 0.761. The zero-order valence-corrected chi connectivity index (χ0v) is 13.1. The number of phenols is 1. The van der Waals surface area contributed by atoms with Gasteiger partial charge in [-0.25, -0.2) is 0 Å². The average molecular weight is 310 g/mol. The molecule has 2 amide bonds. The second kappa shape index (κ2) is 9.01. The number of aromatic hydroxyl groups is 1. The van der Waals surface area contributed by atoms with Crippen molar-refractivity contribution in [2.75, 3.05) is 45.8 Å². The van der Waals surface area contributed by atoms with Crippen molar-refractivity contribution in [3.63, 3.8) is 0 Å². The zero-order valence-electron chi connectivity index (χ0n) is 13.1. The first-order chi connectivity index (χ1) is 10.5. The number of ether oxygens (including phenoxy) is 2. The minimum atomic E-state index is -0.814. The van der Waals surface area contributed by atoms with E-state index in [4.69, 9.17) is 9.47 Å². The highest BCUT2D eigenvalue weighted by molar-refractivity contribution is 6.39. The Morgan fingerprint density at radius 1 is 1.18 bits per heavy atom. The molecule has 0 fully saturated rings. The fourth-order valence-electron chi connectivity index (χ4n) is 1.78. The Morgan fingerprint density at radius 2 is 1.77 bits per heavy atom. The van der Waals surface area contributed by atoms with Crippen LogP contribution < -0.4 is 5.32 Å². The van der Waals surface area contributed by atoms with Crippen LogP contribution in [-0.4, -0.2) is 62.3 Å². The third-order valence-electron chi connectivity index (χ3n) is 3.01. The minimum absolute atomic E-state index is 0.0820. The Labute approximate surface area is 129 Å². The van der Waals surface area contributed by atoms with Crippen LogP contribution in [0.1, 0.15) is 5.56 Å². The largest absolute Gasteiger partial charge is 0.506 e. The molecular formula is C15H22N2O5. The normalized spacial score (nSPS) is 10.3. The molecule has 0 atom stereocenters. The van der Waals surface area contributed by atoms with Gasteiger partial charge >= 0.3 is 11.8 Å². The second-order valence-electron chi connectivity index (χ2n) is 4.75. The van der Waals surface area contributed by atoms with Gasteiger partial charge in [-0.15, -0.1) is 0 Å². The predicted molar refractivity (Wildman–Crippen MR) is 81.8 cm³/mol. The highest BCUT2D eigenvalue weighted by atomic mass is 16.5. The number of nitrogens with one attached hydrogen (secondary N) is 1. The molecule has 0 aliphatic heterocycles. The highest BCUT2D eigenvalue weighted by Crippen LogP contribution is 2.23. The number of hydrogen-bond donors (Lipinski definition) is 2. The van der Waals surface area contributed by atoms with E-state index in [2.05, 4.69) is 5.32 Å². The fraction of sp³-hybridized carbons (Fsp3) is 0.467. The number of aryl methyl sites for hydroxylation is 1. The molecule has 0 bridgehead atoms. The van der Waals surface area contributed by atoms with E-state index < -0.39 is 11.8 Å². The van der Waals surface area contributed by atoms with Gasteiger partial charge in [-0.3, -0.25) is 9.59 Å². The van der Waals surface area contributed by atoms with Gasteiger partial charge in [-0.2, -0.15) is 0 Å². The molecule has 0 aliphatic carbocycles. The molecular weight excluding hydrogens is 288 g/mol. The van der Waals surface area contributed by atoms with Crippen LogP contribution in [0.2, 0.25) is 0 Å². The number of anilines is 1. The number of carbonyl (C=O) groups is 2. The van der Waals surface area contributed by atoms with E-state index in [1.54, 1.807) is 12.1 Å². The number of hydrogen-bond acceptors (Lipinski definition) is 5. The lowest BCUT2D eigenvalue weighted by Gasteiger charge is -2.21. The maximum absolute atomic E-state index is 12.2. The Hall–Kier alpha value is -2.12. The van der Waals surface area contributed by atoms with Crippen LogP contribution in [0.15, 0.2) is 18.2 Å². The lowest BCUT2D eigenvalue weighted by atomic mass is 10.2. The SMILES string of the molecule is COCCN(CCOC)C(=O)C(=O)Nc1ccc(C)cc1O. The summed E-state index contributed by atoms with van der Waals surface area (Å²) in [6.07, 6.45) is 0. The molecule has 22 heavy (non-hydrogen) atoms. The summed E-state index contributed by atoms with van der Waals surface area (Å²) in [4.78, 5) is 25.5. The maximum atomic E-state index is 12.2. The van der Waals surface area contributed by atoms with E-state index in [1.807, 2.05) is 6.92 Å². The van der Waals surface area contributed by atoms with E-state index in [0.717, 1.165) is 5.56 Å². The molecule has 0 spiro atoms. The van der Waals surface area contributed by atoms with E-state index in [0.29, 0.717) is 13.2 Å². The standard InChI is InChI=1S/C15H22N2O5/c1-11-4-5-12(13(18)10-11)16-14(19)15(20)17(6-8-21-2)7-9-22-3/h4-5,10,18H,6-9H2,1-3H3,(H,16,19). The van der Waals surface area contributed by atoms with Gasteiger partial charge in [-0.1, -0.05) is 6.07 Å². The van der Waals surface area contributed by atoms with Crippen molar-refractivity contribution in [3.05, 3.63) is 23.8 Å². The van der Waals surface area contributed by atoms with Gasteiger partial charge < -0.3 is 24.8 Å². The Morgan fingerprint density at radius 3 is 2.27 bits per heavy atom. The van der Waals surface area contributed by atoms with E-state index in [9.17, 15) is 14.7 Å². The van der Waals surface area contributed by atoms with Crippen LogP contribution in [0.25, 0.3) is 0 Å². The first kappa shape index (κ1) is 17.9. The lowest BCUT2D eigenvalue weighted by molar-refractivity contribution is -0.144. The quantitative estimate of drug-likeness (QED) is 0.573. The van der Waals surface area contributed by atoms with Gasteiger partial charge in [0.15, 0.2) is 0 Å². The monoisotopic (exact) mass is 310 g/mol. The molecule has 0 saturated heterocycles. The third-order valence-corrected chi connectivity index (χ3v) is 3.01. The number of phenolic OH excluding ortho intramolecular Hbond substituents is 1. The topological polar surface area (TPSA) is 88.1 Å². The van der Waals surface area contributed by atoms with Crippen LogP contribution in [-0.2, 0) is 19.1 Å². The number of carbonyl (C=O) groups excluding carboxylic acids is 2. The van der Waals surface area contributed by atoms with Crippen LogP contribution in [0.3, 0.4) is 0 Å². The Bertz CT molecular complexity index is 511. The maximum Gasteiger partial charge on any atom is 0.314 e. The summed E-state index contributed by atoms with van der Waals surface area (Å²) >= 11 is 0. The third kappa shape index (κ3) is 5.34. The van der Waals surface area contributed by atoms with E-state index in [1.165, 1.54) is 25.2 Å². The fourth-order valence-corrected chi connectivity index (χ4v) is 1.78. The lowest BCUT2D eigenvalue weighted by Crippen LogP contribution is -2.43. The molecule has 0 aliphatic rings. The number of rotatable bonds is 7. The van der Waals surface area contributed by atoms with Crippen molar-refractivity contribution in [1.29, 1.82) is 0 Å². The number of nitrogens with zero attached hydrogens (tertiary/aromatic N) is 1. The minimum Gasteiger partial charge on any atom is -0.506 e. The summed E-state index contributed by atoms with van der Waals surface area (Å²) in [6, 6.07) is 4.78. The molecule has 1 aromatic carbocycles. The molecule has 2 N–H and O–H groups in total. The molecule has 1 aromatic rings. The van der Waals surface area contributed by atoms with Crippen molar-refractivity contribution in [3.8, 4) is 5.75 Å². The van der Waals surface area contributed by atoms with Crippen LogP contribution in [0, 0.1) is 6.92 Å². The van der Waals surface area contributed by atoms with Gasteiger partial charge in [0.2, 0.25) is 0 Å². The highest BCUT2D eigenvalue weighted by Gasteiger charge is 2.22. The average Bonchev–Trinajstić information content (AvgIpc) is 2.49. The summed E-state index contributed by atoms with van der Waals surface area (Å²) in [7, 11) is 3.03. The number of benzene rings is 1. The second-order valence-corrected chi connectivity index (χ2v) is 4.75. The van der Waals surface area contributed by atoms with Gasteiger partial charge in [0.1, 0.15) is 5.75 Å². The Kier molecular flexibility index (Phi) is 7.34. The van der Waals surface area contributed by atoms with Crippen molar-refractivity contribution >= 4 is 17.5 Å². The Balaban J connectivity index is 2.73. The number of methoxy groups -OCH3 is 2.